The molecule has 0 saturated carbocycles. The first kappa shape index (κ1) is 13.5. The number of hydrogen-bond donors (Lipinski definition) is 0. The summed E-state index contributed by atoms with van der Waals surface area (Å²) in [6.45, 7) is 3.00. The van der Waals surface area contributed by atoms with Crippen molar-refractivity contribution in [2.24, 2.45) is 0 Å². The molecule has 0 amide bonds. The quantitative estimate of drug-likeness (QED) is 0.761. The molecule has 0 aliphatic carbocycles. The second-order valence-electron chi connectivity index (χ2n) is 3.85. The molecule has 3 nitrogen and oxygen atoms in total. The zero-order valence-corrected chi connectivity index (χ0v) is 13.1. The number of sulfonamides is 1. The first-order valence-corrected chi connectivity index (χ1v) is 8.44. The highest BCUT2D eigenvalue weighted by atomic mass is 79.9. The molecule has 0 fully saturated rings. The first-order valence-electron chi connectivity index (χ1n) is 5.02. The predicted octanol–water partition coefficient (Wildman–Crippen LogP) is 3.50. The smallest absolute Gasteiger partial charge is 0.206 e. The lowest BCUT2D eigenvalue weighted by Crippen LogP contribution is -2.34. The van der Waals surface area contributed by atoms with Gasteiger partial charge in [-0.3, -0.25) is 0 Å². The molecule has 1 aliphatic rings. The maximum absolute atomic E-state index is 12.3. The molecule has 0 atom stereocenters. The van der Waals surface area contributed by atoms with Gasteiger partial charge >= 0.3 is 0 Å². The van der Waals surface area contributed by atoms with Gasteiger partial charge in [0.1, 0.15) is 4.21 Å². The van der Waals surface area contributed by atoms with Crippen LogP contribution in [0.3, 0.4) is 0 Å². The third-order valence-corrected chi connectivity index (χ3v) is 7.40. The van der Waals surface area contributed by atoms with Crippen LogP contribution in [0.2, 0.25) is 5.02 Å². The van der Waals surface area contributed by atoms with Crippen molar-refractivity contribution in [3.8, 4) is 0 Å². The van der Waals surface area contributed by atoms with Crippen molar-refractivity contribution in [2.45, 2.75) is 17.6 Å². The Hall–Kier alpha value is 0.120. The molecule has 1 aromatic rings. The highest BCUT2D eigenvalue weighted by molar-refractivity contribution is 9.11. The van der Waals surface area contributed by atoms with Crippen molar-refractivity contribution in [2.75, 3.05) is 13.1 Å². The minimum Gasteiger partial charge on any atom is -0.206 e. The van der Waals surface area contributed by atoms with Gasteiger partial charge in [-0.25, -0.2) is 8.42 Å². The number of rotatable bonds is 2. The molecule has 17 heavy (non-hydrogen) atoms. The minimum atomic E-state index is -3.39. The SMILES string of the molecule is CC1=CCN(S(=O)(=O)c2cc(Cl)c(Br)s2)CC1. The lowest BCUT2D eigenvalue weighted by Gasteiger charge is -2.23. The fraction of sp³-hybridized carbons (Fsp3) is 0.400. The van der Waals surface area contributed by atoms with Gasteiger partial charge in [-0.05, 0) is 35.3 Å². The van der Waals surface area contributed by atoms with Crippen molar-refractivity contribution in [3.63, 3.8) is 0 Å². The normalized spacial score (nSPS) is 18.2. The summed E-state index contributed by atoms with van der Waals surface area (Å²) in [4.78, 5) is 0. The Kier molecular flexibility index (Phi) is 3.99. The van der Waals surface area contributed by atoms with Crippen LogP contribution in [0, 0.1) is 0 Å². The lowest BCUT2D eigenvalue weighted by molar-refractivity contribution is 0.433. The third kappa shape index (κ3) is 2.76. The summed E-state index contributed by atoms with van der Waals surface area (Å²) >= 11 is 10.3. The van der Waals surface area contributed by atoms with Crippen molar-refractivity contribution in [3.05, 3.63) is 26.5 Å². The Bertz CT molecular complexity index is 545. The van der Waals surface area contributed by atoms with E-state index in [9.17, 15) is 8.42 Å². The minimum absolute atomic E-state index is 0.294. The Morgan fingerprint density at radius 1 is 1.53 bits per heavy atom. The molecule has 2 heterocycles. The van der Waals surface area contributed by atoms with Crippen LogP contribution in [-0.2, 0) is 10.0 Å². The van der Waals surface area contributed by atoms with Crippen LogP contribution in [0.5, 0.6) is 0 Å². The number of thiophene rings is 1. The highest BCUT2D eigenvalue weighted by Crippen LogP contribution is 2.36. The number of hydrogen-bond acceptors (Lipinski definition) is 3. The predicted molar refractivity (Wildman–Crippen MR) is 74.2 cm³/mol. The maximum atomic E-state index is 12.3. The molecule has 0 aromatic carbocycles. The molecule has 7 heteroatoms. The van der Waals surface area contributed by atoms with E-state index < -0.39 is 10.0 Å². The zero-order chi connectivity index (χ0) is 12.6. The molecule has 2 rings (SSSR count). The second-order valence-corrected chi connectivity index (χ2v) is 8.79. The van der Waals surface area contributed by atoms with Gasteiger partial charge in [0, 0.05) is 13.1 Å². The van der Waals surface area contributed by atoms with E-state index in [1.165, 1.54) is 15.9 Å². The second kappa shape index (κ2) is 5.01. The topological polar surface area (TPSA) is 37.4 Å². The number of nitrogens with zero attached hydrogens (tertiary/aromatic N) is 1. The average molecular weight is 357 g/mol. The van der Waals surface area contributed by atoms with E-state index in [1.807, 2.05) is 13.0 Å². The molecule has 0 N–H and O–H groups in total. The number of halogens is 2. The van der Waals surface area contributed by atoms with Gasteiger partial charge in [-0.1, -0.05) is 23.3 Å². The Labute approximate surface area is 118 Å². The summed E-state index contributed by atoms with van der Waals surface area (Å²) in [5.41, 5.74) is 1.24. The van der Waals surface area contributed by atoms with E-state index >= 15 is 0 Å². The van der Waals surface area contributed by atoms with Gasteiger partial charge in [0.05, 0.1) is 8.81 Å². The van der Waals surface area contributed by atoms with Gasteiger partial charge in [0.15, 0.2) is 0 Å². The van der Waals surface area contributed by atoms with E-state index in [-0.39, 0.29) is 0 Å². The molecule has 0 bridgehead atoms. The summed E-state index contributed by atoms with van der Waals surface area (Å²) in [5.74, 6) is 0. The largest absolute Gasteiger partial charge is 0.252 e. The van der Waals surface area contributed by atoms with Crippen LogP contribution < -0.4 is 0 Å². The molecule has 1 aliphatic heterocycles. The first-order chi connectivity index (χ1) is 7.91. The molecule has 94 valence electrons. The average Bonchev–Trinajstić information content (AvgIpc) is 2.60. The summed E-state index contributed by atoms with van der Waals surface area (Å²) in [6, 6.07) is 1.50. The van der Waals surface area contributed by atoms with Gasteiger partial charge in [-0.2, -0.15) is 4.31 Å². The summed E-state index contributed by atoms with van der Waals surface area (Å²) in [6.07, 6.45) is 2.74. The summed E-state index contributed by atoms with van der Waals surface area (Å²) in [5, 5.41) is 0.442. The van der Waals surface area contributed by atoms with Gasteiger partial charge in [0.2, 0.25) is 0 Å². The molecule has 0 saturated heterocycles. The molecular formula is C10H11BrClNO2S2. The van der Waals surface area contributed by atoms with Crippen molar-refractivity contribution in [1.82, 2.24) is 4.31 Å². The van der Waals surface area contributed by atoms with Crippen molar-refractivity contribution in [1.29, 1.82) is 0 Å². The summed E-state index contributed by atoms with van der Waals surface area (Å²) < 4.78 is 27.0. The fourth-order valence-electron chi connectivity index (χ4n) is 1.55. The van der Waals surface area contributed by atoms with E-state index in [1.54, 1.807) is 0 Å². The van der Waals surface area contributed by atoms with Crippen LogP contribution >= 0.6 is 38.9 Å². The maximum Gasteiger partial charge on any atom is 0.252 e. The highest BCUT2D eigenvalue weighted by Gasteiger charge is 2.27. The van der Waals surface area contributed by atoms with Gasteiger partial charge in [-0.15, -0.1) is 11.3 Å². The van der Waals surface area contributed by atoms with E-state index in [0.29, 0.717) is 26.1 Å². The Balaban J connectivity index is 2.31. The van der Waals surface area contributed by atoms with Crippen LogP contribution in [0.15, 0.2) is 25.7 Å². The van der Waals surface area contributed by atoms with Crippen LogP contribution in [0.1, 0.15) is 13.3 Å². The molecule has 1 aromatic heterocycles. The van der Waals surface area contributed by atoms with Gasteiger partial charge in [0.25, 0.3) is 10.0 Å². The molecule has 0 unspecified atom stereocenters. The molecule has 0 radical (unpaired) electrons. The molecular weight excluding hydrogens is 346 g/mol. The van der Waals surface area contributed by atoms with Crippen molar-refractivity contribution >= 4 is 48.9 Å². The van der Waals surface area contributed by atoms with E-state index in [2.05, 4.69) is 15.9 Å². The third-order valence-electron chi connectivity index (χ3n) is 2.62. The van der Waals surface area contributed by atoms with Crippen LogP contribution in [0.25, 0.3) is 0 Å². The fourth-order valence-corrected chi connectivity index (χ4v) is 5.49. The monoisotopic (exact) mass is 355 g/mol. The van der Waals surface area contributed by atoms with Crippen LogP contribution in [0.4, 0.5) is 0 Å². The standard InChI is InChI=1S/C10H11BrClNO2S2/c1-7-2-4-13(5-3-7)17(14,15)9-6-8(12)10(11)16-9/h2,6H,3-5H2,1H3. The molecule has 0 spiro atoms. The Morgan fingerprint density at radius 2 is 2.24 bits per heavy atom. The van der Waals surface area contributed by atoms with E-state index in [4.69, 9.17) is 11.6 Å². The van der Waals surface area contributed by atoms with Gasteiger partial charge < -0.3 is 0 Å². The zero-order valence-electron chi connectivity index (χ0n) is 9.11. The van der Waals surface area contributed by atoms with E-state index in [0.717, 1.165) is 17.8 Å². The van der Waals surface area contributed by atoms with Crippen molar-refractivity contribution < 1.29 is 8.42 Å². The van der Waals surface area contributed by atoms with Crippen LogP contribution in [-0.4, -0.2) is 25.8 Å². The lowest BCUT2D eigenvalue weighted by atomic mass is 10.1. The Morgan fingerprint density at radius 3 is 2.71 bits per heavy atom. The summed E-state index contributed by atoms with van der Waals surface area (Å²) in [7, 11) is -3.39.